The molecule has 2 amide bonds. The summed E-state index contributed by atoms with van der Waals surface area (Å²) in [6, 6.07) is 12.0. The summed E-state index contributed by atoms with van der Waals surface area (Å²) in [7, 11) is 0. The summed E-state index contributed by atoms with van der Waals surface area (Å²) in [6.07, 6.45) is 7.17. The summed E-state index contributed by atoms with van der Waals surface area (Å²) in [4.78, 5) is 26.8. The van der Waals surface area contributed by atoms with Gasteiger partial charge in [0, 0.05) is 17.3 Å². The second-order valence-corrected chi connectivity index (χ2v) is 7.79. The highest BCUT2D eigenvalue weighted by molar-refractivity contribution is 6.03. The zero-order valence-electron chi connectivity index (χ0n) is 15.9. The standard InChI is InChI=1S/C23H25FN2O2/c24-19-7-5-6-16(12-19)15-26-21-11-10-17(13-18(21)14-22(26)27)23(28)25-20-8-3-1-2-4-9-20/h5-7,10-13,20H,1-4,8-9,14-15H2,(H,25,28). The second kappa shape index (κ2) is 8.13. The summed E-state index contributed by atoms with van der Waals surface area (Å²) in [5.41, 5.74) is 3.01. The van der Waals surface area contributed by atoms with E-state index in [2.05, 4.69) is 5.32 Å². The van der Waals surface area contributed by atoms with E-state index in [1.54, 1.807) is 17.0 Å². The highest BCUT2D eigenvalue weighted by Gasteiger charge is 2.28. The average Bonchev–Trinajstić information content (AvgIpc) is 2.84. The highest BCUT2D eigenvalue weighted by Crippen LogP contribution is 2.31. The van der Waals surface area contributed by atoms with Crippen molar-refractivity contribution in [2.75, 3.05) is 4.90 Å². The van der Waals surface area contributed by atoms with E-state index in [0.717, 1.165) is 29.7 Å². The molecule has 0 spiro atoms. The second-order valence-electron chi connectivity index (χ2n) is 7.79. The van der Waals surface area contributed by atoms with Gasteiger partial charge in [0.05, 0.1) is 13.0 Å². The van der Waals surface area contributed by atoms with Crippen molar-refractivity contribution in [1.82, 2.24) is 5.32 Å². The Kier molecular flexibility index (Phi) is 5.42. The number of amides is 2. The Labute approximate surface area is 164 Å². The summed E-state index contributed by atoms with van der Waals surface area (Å²) in [5.74, 6) is -0.402. The molecule has 5 heteroatoms. The lowest BCUT2D eigenvalue weighted by molar-refractivity contribution is -0.117. The van der Waals surface area contributed by atoms with Crippen molar-refractivity contribution in [2.45, 2.75) is 57.5 Å². The van der Waals surface area contributed by atoms with E-state index in [0.29, 0.717) is 12.1 Å². The van der Waals surface area contributed by atoms with Crippen LogP contribution in [0.3, 0.4) is 0 Å². The molecule has 1 heterocycles. The van der Waals surface area contributed by atoms with Crippen molar-refractivity contribution in [3.05, 3.63) is 65.0 Å². The molecule has 146 valence electrons. The molecule has 0 aromatic heterocycles. The van der Waals surface area contributed by atoms with Gasteiger partial charge in [-0.2, -0.15) is 0 Å². The lowest BCUT2D eigenvalue weighted by atomic mass is 10.1. The van der Waals surface area contributed by atoms with Crippen LogP contribution in [-0.4, -0.2) is 17.9 Å². The molecule has 0 atom stereocenters. The van der Waals surface area contributed by atoms with E-state index in [1.165, 1.54) is 37.8 Å². The van der Waals surface area contributed by atoms with Gasteiger partial charge < -0.3 is 10.2 Å². The predicted molar refractivity (Wildman–Crippen MR) is 107 cm³/mol. The molecular formula is C23H25FN2O2. The van der Waals surface area contributed by atoms with Crippen LogP contribution in [0.2, 0.25) is 0 Å². The van der Waals surface area contributed by atoms with Crippen LogP contribution in [0.1, 0.15) is 60.0 Å². The number of nitrogens with zero attached hydrogens (tertiary/aromatic N) is 1. The summed E-state index contributed by atoms with van der Waals surface area (Å²) in [6.45, 7) is 0.331. The normalized spacial score (nSPS) is 17.3. The van der Waals surface area contributed by atoms with Gasteiger partial charge in [-0.05, 0) is 54.3 Å². The zero-order chi connectivity index (χ0) is 19.5. The van der Waals surface area contributed by atoms with Crippen LogP contribution >= 0.6 is 0 Å². The Morgan fingerprint density at radius 1 is 1.07 bits per heavy atom. The molecule has 1 aliphatic carbocycles. The minimum Gasteiger partial charge on any atom is -0.349 e. The minimum atomic E-state index is -0.310. The Balaban J connectivity index is 1.48. The first-order chi connectivity index (χ1) is 13.6. The van der Waals surface area contributed by atoms with Gasteiger partial charge in [0.1, 0.15) is 5.82 Å². The van der Waals surface area contributed by atoms with Crippen molar-refractivity contribution in [1.29, 1.82) is 0 Å². The van der Waals surface area contributed by atoms with E-state index < -0.39 is 0 Å². The molecule has 2 aromatic carbocycles. The largest absolute Gasteiger partial charge is 0.349 e. The first-order valence-corrected chi connectivity index (χ1v) is 10.1. The number of fused-ring (bicyclic) bond motifs is 1. The third-order valence-electron chi connectivity index (χ3n) is 5.70. The number of nitrogens with one attached hydrogen (secondary N) is 1. The van der Waals surface area contributed by atoms with Gasteiger partial charge in [-0.25, -0.2) is 4.39 Å². The number of hydrogen-bond acceptors (Lipinski definition) is 2. The van der Waals surface area contributed by atoms with Crippen LogP contribution in [0.4, 0.5) is 10.1 Å². The van der Waals surface area contributed by atoms with Crippen LogP contribution in [0.25, 0.3) is 0 Å². The van der Waals surface area contributed by atoms with Gasteiger partial charge in [-0.1, -0.05) is 37.8 Å². The summed E-state index contributed by atoms with van der Waals surface area (Å²) >= 11 is 0. The fourth-order valence-electron chi connectivity index (χ4n) is 4.21. The molecule has 0 unspecified atom stereocenters. The molecule has 2 aromatic rings. The van der Waals surface area contributed by atoms with Crippen LogP contribution in [0, 0.1) is 5.82 Å². The van der Waals surface area contributed by atoms with Gasteiger partial charge in [-0.3, -0.25) is 9.59 Å². The lowest BCUT2D eigenvalue weighted by Gasteiger charge is -2.19. The first kappa shape index (κ1) is 18.7. The molecule has 0 bridgehead atoms. The fourth-order valence-corrected chi connectivity index (χ4v) is 4.21. The number of benzene rings is 2. The first-order valence-electron chi connectivity index (χ1n) is 10.1. The minimum absolute atomic E-state index is 0.0272. The Morgan fingerprint density at radius 2 is 1.86 bits per heavy atom. The Hall–Kier alpha value is -2.69. The number of halogens is 1. The average molecular weight is 380 g/mol. The Morgan fingerprint density at radius 3 is 2.61 bits per heavy atom. The predicted octanol–water partition coefficient (Wildman–Crippen LogP) is 4.37. The summed E-state index contributed by atoms with van der Waals surface area (Å²) < 4.78 is 13.4. The molecule has 4 rings (SSSR count). The molecule has 4 nitrogen and oxygen atoms in total. The van der Waals surface area contributed by atoms with Crippen molar-refractivity contribution >= 4 is 17.5 Å². The van der Waals surface area contributed by atoms with Gasteiger partial charge in [0.2, 0.25) is 5.91 Å². The molecule has 1 saturated carbocycles. The number of rotatable bonds is 4. The maximum absolute atomic E-state index is 13.4. The van der Waals surface area contributed by atoms with Gasteiger partial charge in [0.25, 0.3) is 5.91 Å². The third kappa shape index (κ3) is 4.08. The lowest BCUT2D eigenvalue weighted by Crippen LogP contribution is -2.34. The molecule has 28 heavy (non-hydrogen) atoms. The number of carbonyl (C=O) groups excluding carboxylic acids is 2. The number of carbonyl (C=O) groups is 2. The third-order valence-corrected chi connectivity index (χ3v) is 5.70. The van der Waals surface area contributed by atoms with Crippen molar-refractivity contribution in [3.8, 4) is 0 Å². The molecule has 1 aliphatic heterocycles. The van der Waals surface area contributed by atoms with E-state index in [4.69, 9.17) is 0 Å². The Bertz CT molecular complexity index is 888. The number of anilines is 1. The van der Waals surface area contributed by atoms with Gasteiger partial charge in [-0.15, -0.1) is 0 Å². The van der Waals surface area contributed by atoms with Crippen molar-refractivity contribution in [3.63, 3.8) is 0 Å². The zero-order valence-corrected chi connectivity index (χ0v) is 15.9. The smallest absolute Gasteiger partial charge is 0.251 e. The monoisotopic (exact) mass is 380 g/mol. The molecule has 0 radical (unpaired) electrons. The SMILES string of the molecule is O=C(NC1CCCCCC1)c1ccc2c(c1)CC(=O)N2Cc1cccc(F)c1. The highest BCUT2D eigenvalue weighted by atomic mass is 19.1. The quantitative estimate of drug-likeness (QED) is 0.801. The molecule has 1 N–H and O–H groups in total. The van der Waals surface area contributed by atoms with Crippen LogP contribution in [0.5, 0.6) is 0 Å². The van der Waals surface area contributed by atoms with E-state index in [9.17, 15) is 14.0 Å². The maximum atomic E-state index is 13.4. The van der Waals surface area contributed by atoms with E-state index in [1.807, 2.05) is 18.2 Å². The molecular weight excluding hydrogens is 355 g/mol. The van der Waals surface area contributed by atoms with Crippen LogP contribution in [0.15, 0.2) is 42.5 Å². The topological polar surface area (TPSA) is 49.4 Å². The van der Waals surface area contributed by atoms with E-state index >= 15 is 0 Å². The van der Waals surface area contributed by atoms with Gasteiger partial charge in [0.15, 0.2) is 0 Å². The number of hydrogen-bond donors (Lipinski definition) is 1. The fraction of sp³-hybridized carbons (Fsp3) is 0.391. The van der Waals surface area contributed by atoms with Crippen LogP contribution in [-0.2, 0) is 17.8 Å². The van der Waals surface area contributed by atoms with Crippen molar-refractivity contribution < 1.29 is 14.0 Å². The molecule has 1 fully saturated rings. The van der Waals surface area contributed by atoms with E-state index in [-0.39, 0.29) is 30.1 Å². The van der Waals surface area contributed by atoms with Crippen molar-refractivity contribution in [2.24, 2.45) is 0 Å². The van der Waals surface area contributed by atoms with Crippen LogP contribution < -0.4 is 10.2 Å². The maximum Gasteiger partial charge on any atom is 0.251 e. The van der Waals surface area contributed by atoms with Gasteiger partial charge >= 0.3 is 0 Å². The molecule has 2 aliphatic rings. The summed E-state index contributed by atoms with van der Waals surface area (Å²) in [5, 5.41) is 3.16. The molecule has 0 saturated heterocycles.